The highest BCUT2D eigenvalue weighted by molar-refractivity contribution is 5.63. The smallest absolute Gasteiger partial charge is 0.168 e. The molecular formula is C12H10F2N2O. The quantitative estimate of drug-likeness (QED) is 0.839. The van der Waals surface area contributed by atoms with Crippen molar-refractivity contribution in [2.75, 3.05) is 5.73 Å². The monoisotopic (exact) mass is 236 g/mol. The van der Waals surface area contributed by atoms with Gasteiger partial charge >= 0.3 is 0 Å². The van der Waals surface area contributed by atoms with Crippen molar-refractivity contribution >= 4 is 5.69 Å². The van der Waals surface area contributed by atoms with E-state index in [9.17, 15) is 8.78 Å². The van der Waals surface area contributed by atoms with Crippen molar-refractivity contribution < 1.29 is 13.9 Å². The van der Waals surface area contributed by atoms with E-state index in [1.54, 1.807) is 0 Å². The molecule has 0 atom stereocenters. The van der Waals surface area contributed by atoms with E-state index < -0.39 is 11.6 Å². The van der Waals surface area contributed by atoms with Crippen molar-refractivity contribution in [3.05, 3.63) is 47.7 Å². The number of nitrogens with two attached hydrogens (primary N) is 1. The zero-order valence-electron chi connectivity index (χ0n) is 8.82. The summed E-state index contributed by atoms with van der Waals surface area (Å²) in [7, 11) is 0. The highest BCUT2D eigenvalue weighted by Gasteiger charge is 2.11. The van der Waals surface area contributed by atoms with Crippen LogP contribution in [0.4, 0.5) is 14.5 Å². The number of nitrogen functional groups attached to an aromatic ring is 1. The van der Waals surface area contributed by atoms with Gasteiger partial charge in [0.25, 0.3) is 0 Å². The first kappa shape index (κ1) is 11.5. The Morgan fingerprint density at radius 1 is 1.29 bits per heavy atom. The number of anilines is 1. The molecule has 3 N–H and O–H groups in total. The molecule has 88 valence electrons. The van der Waals surface area contributed by atoms with Gasteiger partial charge in [-0.15, -0.1) is 0 Å². The lowest BCUT2D eigenvalue weighted by atomic mass is 10.1. The molecule has 0 fully saturated rings. The van der Waals surface area contributed by atoms with Gasteiger partial charge in [-0.05, 0) is 18.2 Å². The van der Waals surface area contributed by atoms with Crippen molar-refractivity contribution in [1.29, 1.82) is 0 Å². The van der Waals surface area contributed by atoms with Crippen LogP contribution >= 0.6 is 0 Å². The Labute approximate surface area is 96.5 Å². The van der Waals surface area contributed by atoms with Crippen LogP contribution in [0.1, 0.15) is 5.56 Å². The first-order valence-corrected chi connectivity index (χ1v) is 4.93. The largest absolute Gasteiger partial charge is 0.397 e. The molecule has 0 bridgehead atoms. The number of nitrogens with zero attached hydrogens (tertiary/aromatic N) is 1. The Morgan fingerprint density at radius 2 is 2.06 bits per heavy atom. The van der Waals surface area contributed by atoms with Gasteiger partial charge in [-0.1, -0.05) is 6.07 Å². The van der Waals surface area contributed by atoms with Gasteiger partial charge < -0.3 is 10.8 Å². The van der Waals surface area contributed by atoms with Crippen LogP contribution in [0.5, 0.6) is 0 Å². The number of halogens is 2. The summed E-state index contributed by atoms with van der Waals surface area (Å²) < 4.78 is 26.6. The zero-order chi connectivity index (χ0) is 12.4. The van der Waals surface area contributed by atoms with E-state index >= 15 is 0 Å². The minimum atomic E-state index is -0.964. The molecule has 1 aromatic carbocycles. The second-order valence-electron chi connectivity index (χ2n) is 3.53. The van der Waals surface area contributed by atoms with Gasteiger partial charge in [-0.2, -0.15) is 0 Å². The molecule has 17 heavy (non-hydrogen) atoms. The molecule has 2 rings (SSSR count). The molecule has 0 aliphatic carbocycles. The third-order valence-electron chi connectivity index (χ3n) is 2.42. The summed E-state index contributed by atoms with van der Waals surface area (Å²) in [5.41, 5.74) is 6.58. The van der Waals surface area contributed by atoms with Crippen LogP contribution in [0, 0.1) is 11.6 Å². The molecule has 1 heterocycles. The summed E-state index contributed by atoms with van der Waals surface area (Å²) in [4.78, 5) is 3.92. The third kappa shape index (κ3) is 2.09. The maximum absolute atomic E-state index is 13.5. The lowest BCUT2D eigenvalue weighted by Crippen LogP contribution is -1.98. The fourth-order valence-corrected chi connectivity index (χ4v) is 1.49. The number of pyridine rings is 1. The summed E-state index contributed by atoms with van der Waals surface area (Å²) in [5, 5.41) is 9.04. The average Bonchev–Trinajstić information content (AvgIpc) is 2.34. The average molecular weight is 236 g/mol. The molecule has 0 aliphatic rings. The summed E-state index contributed by atoms with van der Waals surface area (Å²) >= 11 is 0. The molecule has 1 aromatic heterocycles. The topological polar surface area (TPSA) is 59.1 Å². The molecule has 0 spiro atoms. The Kier molecular flexibility index (Phi) is 3.01. The second-order valence-corrected chi connectivity index (χ2v) is 3.53. The van der Waals surface area contributed by atoms with Crippen LogP contribution in [-0.2, 0) is 6.61 Å². The maximum Gasteiger partial charge on any atom is 0.168 e. The van der Waals surface area contributed by atoms with Crippen LogP contribution in [0.3, 0.4) is 0 Å². The zero-order valence-corrected chi connectivity index (χ0v) is 8.82. The Morgan fingerprint density at radius 3 is 2.76 bits per heavy atom. The minimum absolute atomic E-state index is 0.0414. The molecule has 5 heteroatoms. The lowest BCUT2D eigenvalue weighted by Gasteiger charge is -2.07. The molecule has 0 saturated carbocycles. The van der Waals surface area contributed by atoms with E-state index in [2.05, 4.69) is 4.98 Å². The molecule has 3 nitrogen and oxygen atoms in total. The van der Waals surface area contributed by atoms with Crippen LogP contribution in [0.25, 0.3) is 11.3 Å². The number of hydrogen-bond donors (Lipinski definition) is 2. The highest BCUT2D eigenvalue weighted by Crippen LogP contribution is 2.25. The van der Waals surface area contributed by atoms with Crippen molar-refractivity contribution in [2.45, 2.75) is 6.61 Å². The van der Waals surface area contributed by atoms with Crippen molar-refractivity contribution in [3.63, 3.8) is 0 Å². The van der Waals surface area contributed by atoms with E-state index in [1.807, 2.05) is 0 Å². The fourth-order valence-electron chi connectivity index (χ4n) is 1.49. The minimum Gasteiger partial charge on any atom is -0.397 e. The van der Waals surface area contributed by atoms with Gasteiger partial charge in [0.05, 0.1) is 24.2 Å². The Bertz CT molecular complexity index is 558. The lowest BCUT2D eigenvalue weighted by molar-refractivity contribution is 0.282. The second kappa shape index (κ2) is 4.47. The number of aliphatic hydroxyl groups excluding tert-OH is 1. The maximum atomic E-state index is 13.5. The number of aliphatic hydroxyl groups is 1. The number of hydrogen-bond acceptors (Lipinski definition) is 3. The molecule has 0 unspecified atom stereocenters. The van der Waals surface area contributed by atoms with Gasteiger partial charge in [-0.25, -0.2) is 8.78 Å². The van der Waals surface area contributed by atoms with Crippen molar-refractivity contribution in [1.82, 2.24) is 4.98 Å². The Balaban J connectivity index is 2.57. The molecule has 0 radical (unpaired) electrons. The fraction of sp³-hybridized carbons (Fsp3) is 0.0833. The molecule has 2 aromatic rings. The van der Waals surface area contributed by atoms with E-state index in [4.69, 9.17) is 10.8 Å². The van der Waals surface area contributed by atoms with Crippen LogP contribution in [0.15, 0.2) is 30.5 Å². The molecule has 0 amide bonds. The molecule has 0 aliphatic heterocycles. The number of benzene rings is 1. The van der Waals surface area contributed by atoms with Gasteiger partial charge in [0.2, 0.25) is 0 Å². The van der Waals surface area contributed by atoms with E-state index in [0.717, 1.165) is 6.07 Å². The van der Waals surface area contributed by atoms with E-state index in [1.165, 1.54) is 24.4 Å². The van der Waals surface area contributed by atoms with Gasteiger partial charge in [0.15, 0.2) is 11.6 Å². The predicted octanol–water partition coefficient (Wildman–Crippen LogP) is 2.10. The van der Waals surface area contributed by atoms with Gasteiger partial charge in [-0.3, -0.25) is 4.98 Å². The first-order chi connectivity index (χ1) is 8.13. The Hall–Kier alpha value is -2.01. The van der Waals surface area contributed by atoms with Gasteiger partial charge in [0.1, 0.15) is 0 Å². The van der Waals surface area contributed by atoms with Gasteiger partial charge in [0, 0.05) is 11.1 Å². The van der Waals surface area contributed by atoms with Crippen LogP contribution < -0.4 is 5.73 Å². The third-order valence-corrected chi connectivity index (χ3v) is 2.42. The first-order valence-electron chi connectivity index (χ1n) is 4.93. The standard InChI is InChI=1S/C12H10F2N2O/c13-9-3-1-2-8(12(9)14)11-4-7(6-17)10(15)5-16-11/h1-5,17H,6,15H2. The summed E-state index contributed by atoms with van der Waals surface area (Å²) in [6.45, 7) is -0.279. The predicted molar refractivity (Wildman–Crippen MR) is 59.9 cm³/mol. The normalized spacial score (nSPS) is 10.5. The van der Waals surface area contributed by atoms with Crippen LogP contribution in [0.2, 0.25) is 0 Å². The number of aromatic nitrogens is 1. The SMILES string of the molecule is Nc1cnc(-c2cccc(F)c2F)cc1CO. The van der Waals surface area contributed by atoms with E-state index in [-0.39, 0.29) is 17.9 Å². The number of rotatable bonds is 2. The van der Waals surface area contributed by atoms with Crippen molar-refractivity contribution in [2.24, 2.45) is 0 Å². The molecule has 0 saturated heterocycles. The van der Waals surface area contributed by atoms with E-state index in [0.29, 0.717) is 11.3 Å². The molecular weight excluding hydrogens is 226 g/mol. The van der Waals surface area contributed by atoms with Crippen LogP contribution in [-0.4, -0.2) is 10.1 Å². The van der Waals surface area contributed by atoms with Crippen molar-refractivity contribution in [3.8, 4) is 11.3 Å². The summed E-state index contributed by atoms with van der Waals surface area (Å²) in [6, 6.07) is 5.28. The summed E-state index contributed by atoms with van der Waals surface area (Å²) in [6.07, 6.45) is 1.31. The summed E-state index contributed by atoms with van der Waals surface area (Å²) in [5.74, 6) is -1.90. The highest BCUT2D eigenvalue weighted by atomic mass is 19.2.